The number of anilines is 1. The Morgan fingerprint density at radius 1 is 0.946 bits per heavy atom. The summed E-state index contributed by atoms with van der Waals surface area (Å²) in [5, 5.41) is 5.69. The number of piperidine rings is 1. The van der Waals surface area contributed by atoms with Crippen LogP contribution in [0.1, 0.15) is 59.2 Å². The van der Waals surface area contributed by atoms with Gasteiger partial charge in [-0.3, -0.25) is 34.2 Å². The third-order valence-electron chi connectivity index (χ3n) is 5.90. The Labute approximate surface area is 223 Å². The highest BCUT2D eigenvalue weighted by Crippen LogP contribution is 2.32. The number of nitrogens with zero attached hydrogens (tertiary/aromatic N) is 1. The van der Waals surface area contributed by atoms with Gasteiger partial charge in [-0.25, -0.2) is 0 Å². The Hall–Kier alpha value is -2.67. The number of amides is 5. The molecule has 12 heteroatoms. The van der Waals surface area contributed by atoms with E-state index in [1.54, 1.807) is 12.1 Å². The molecule has 0 radical (unpaired) electrons. The summed E-state index contributed by atoms with van der Waals surface area (Å²) in [7, 11) is 0. The molecule has 0 bridgehead atoms. The van der Waals surface area contributed by atoms with Crippen molar-refractivity contribution >= 4 is 51.2 Å². The summed E-state index contributed by atoms with van der Waals surface area (Å²) in [5.74, 6) is -2.65. The van der Waals surface area contributed by atoms with E-state index < -0.39 is 29.7 Å². The molecule has 2 aliphatic heterocycles. The second-order valence-electron chi connectivity index (χ2n) is 8.56. The van der Waals surface area contributed by atoms with Crippen LogP contribution in [0.5, 0.6) is 0 Å². The fourth-order valence-electron chi connectivity index (χ4n) is 4.09. The van der Waals surface area contributed by atoms with Crippen LogP contribution in [0, 0.1) is 0 Å². The first-order chi connectivity index (χ1) is 17.9. The molecular formula is C25H32BrN3O8. The van der Waals surface area contributed by atoms with Crippen molar-refractivity contribution < 1.29 is 38.2 Å². The maximum atomic E-state index is 13.1. The van der Waals surface area contributed by atoms with Gasteiger partial charge in [0.1, 0.15) is 6.04 Å². The number of hydrogen-bond donors (Lipinski definition) is 2. The van der Waals surface area contributed by atoms with Crippen LogP contribution in [0.3, 0.4) is 0 Å². The van der Waals surface area contributed by atoms with Crippen molar-refractivity contribution in [2.45, 2.75) is 44.6 Å². The minimum absolute atomic E-state index is 0.0411. The Kier molecular flexibility index (Phi) is 11.6. The first kappa shape index (κ1) is 28.9. The van der Waals surface area contributed by atoms with Gasteiger partial charge in [-0.05, 0) is 31.4 Å². The number of unbranched alkanes of at least 4 members (excludes halogenated alkanes) is 2. The van der Waals surface area contributed by atoms with Gasteiger partial charge >= 0.3 is 0 Å². The van der Waals surface area contributed by atoms with Crippen molar-refractivity contribution in [2.24, 2.45) is 0 Å². The molecule has 1 unspecified atom stereocenters. The number of hydrogen-bond acceptors (Lipinski definition) is 8. The molecule has 1 aromatic rings. The van der Waals surface area contributed by atoms with Crippen LogP contribution in [0.2, 0.25) is 0 Å². The predicted octanol–water partition coefficient (Wildman–Crippen LogP) is 2.03. The minimum atomic E-state index is -1.06. The van der Waals surface area contributed by atoms with Crippen LogP contribution in [0.15, 0.2) is 18.2 Å². The van der Waals surface area contributed by atoms with E-state index in [4.69, 9.17) is 14.2 Å². The zero-order chi connectivity index (χ0) is 26.6. The lowest BCUT2D eigenvalue weighted by Gasteiger charge is -2.27. The Morgan fingerprint density at radius 3 is 2.35 bits per heavy atom. The number of ether oxygens (including phenoxy) is 3. The molecule has 0 saturated carbocycles. The van der Waals surface area contributed by atoms with Gasteiger partial charge < -0.3 is 19.5 Å². The van der Waals surface area contributed by atoms with E-state index in [2.05, 4.69) is 26.6 Å². The number of alkyl halides is 1. The van der Waals surface area contributed by atoms with E-state index in [0.717, 1.165) is 23.1 Å². The quantitative estimate of drug-likeness (QED) is 0.172. The number of carbonyl (C=O) groups excluding carboxylic acids is 5. The minimum Gasteiger partial charge on any atom is -0.379 e. The highest BCUT2D eigenvalue weighted by Gasteiger charge is 2.45. The highest BCUT2D eigenvalue weighted by molar-refractivity contribution is 9.09. The number of benzene rings is 1. The van der Waals surface area contributed by atoms with Gasteiger partial charge in [-0.1, -0.05) is 28.4 Å². The lowest BCUT2D eigenvalue weighted by Crippen LogP contribution is -2.54. The molecule has 1 atom stereocenters. The number of carbonyl (C=O) groups is 5. The van der Waals surface area contributed by atoms with Crippen molar-refractivity contribution in [3.63, 3.8) is 0 Å². The van der Waals surface area contributed by atoms with E-state index in [-0.39, 0.29) is 42.0 Å². The SMILES string of the molecule is O=C1CCC(N2C(=O)c3cccc(NC(=O)CCCCCOCCOCCOCCBr)c3C2=O)C(=O)N1. The molecule has 0 spiro atoms. The zero-order valence-electron chi connectivity index (χ0n) is 20.6. The van der Waals surface area contributed by atoms with Gasteiger partial charge in [-0.2, -0.15) is 0 Å². The standard InChI is InChI=1S/C25H32BrN3O8/c26-10-12-36-14-16-37-15-13-35-11-3-1-2-7-20(30)27-18-6-4-5-17-22(18)25(34)29(24(17)33)19-8-9-21(31)28-23(19)32/h4-6,19H,1-3,7-16H2,(H,27,30)(H,28,31,32). The van der Waals surface area contributed by atoms with Gasteiger partial charge in [-0.15, -0.1) is 0 Å². The molecule has 11 nitrogen and oxygen atoms in total. The van der Waals surface area contributed by atoms with E-state index in [0.29, 0.717) is 46.1 Å². The maximum Gasteiger partial charge on any atom is 0.264 e. The molecule has 0 aromatic heterocycles. The summed E-state index contributed by atoms with van der Waals surface area (Å²) >= 11 is 3.28. The zero-order valence-corrected chi connectivity index (χ0v) is 22.2. The van der Waals surface area contributed by atoms with Crippen LogP contribution < -0.4 is 10.6 Å². The average molecular weight is 582 g/mol. The van der Waals surface area contributed by atoms with Crippen LogP contribution in [0.25, 0.3) is 0 Å². The summed E-state index contributed by atoms with van der Waals surface area (Å²) < 4.78 is 16.2. The molecule has 2 N–H and O–H groups in total. The van der Waals surface area contributed by atoms with Gasteiger partial charge in [0.05, 0.1) is 49.8 Å². The summed E-state index contributed by atoms with van der Waals surface area (Å²) in [5.41, 5.74) is 0.424. The van der Waals surface area contributed by atoms with Crippen LogP contribution in [-0.4, -0.2) is 85.4 Å². The number of halogens is 1. The Bertz CT molecular complexity index is 1000. The summed E-state index contributed by atoms with van der Waals surface area (Å²) in [6.45, 7) is 3.33. The number of rotatable bonds is 16. The second-order valence-corrected chi connectivity index (χ2v) is 9.35. The second kappa shape index (κ2) is 14.9. The molecule has 1 fully saturated rings. The third kappa shape index (κ3) is 8.16. The smallest absolute Gasteiger partial charge is 0.264 e. The van der Waals surface area contributed by atoms with Crippen molar-refractivity contribution in [2.75, 3.05) is 50.3 Å². The van der Waals surface area contributed by atoms with E-state index in [9.17, 15) is 24.0 Å². The molecule has 2 heterocycles. The summed E-state index contributed by atoms with van der Waals surface area (Å²) in [6, 6.07) is 3.56. The lowest BCUT2D eigenvalue weighted by atomic mass is 10.0. The Balaban J connectivity index is 1.37. The lowest BCUT2D eigenvalue weighted by molar-refractivity contribution is -0.136. The van der Waals surface area contributed by atoms with Crippen molar-refractivity contribution in [1.29, 1.82) is 0 Å². The van der Waals surface area contributed by atoms with E-state index >= 15 is 0 Å². The van der Waals surface area contributed by atoms with Crippen LogP contribution in [-0.2, 0) is 28.6 Å². The van der Waals surface area contributed by atoms with Gasteiger partial charge in [0.25, 0.3) is 11.8 Å². The third-order valence-corrected chi connectivity index (χ3v) is 6.22. The van der Waals surface area contributed by atoms with Crippen molar-refractivity contribution in [3.8, 4) is 0 Å². The summed E-state index contributed by atoms with van der Waals surface area (Å²) in [4.78, 5) is 63.0. The molecule has 1 aromatic carbocycles. The maximum absolute atomic E-state index is 13.1. The molecule has 202 valence electrons. The van der Waals surface area contributed by atoms with Crippen molar-refractivity contribution in [3.05, 3.63) is 29.3 Å². The topological polar surface area (TPSA) is 140 Å². The fourth-order valence-corrected chi connectivity index (χ4v) is 4.32. The first-order valence-electron chi connectivity index (χ1n) is 12.4. The average Bonchev–Trinajstić information content (AvgIpc) is 3.12. The largest absolute Gasteiger partial charge is 0.379 e. The first-order valence-corrected chi connectivity index (χ1v) is 13.5. The number of nitrogens with one attached hydrogen (secondary N) is 2. The van der Waals surface area contributed by atoms with Crippen LogP contribution in [0.4, 0.5) is 5.69 Å². The van der Waals surface area contributed by atoms with E-state index in [1.165, 1.54) is 6.07 Å². The summed E-state index contributed by atoms with van der Waals surface area (Å²) in [6.07, 6.45) is 2.60. The number of imide groups is 2. The van der Waals surface area contributed by atoms with Crippen molar-refractivity contribution in [1.82, 2.24) is 10.2 Å². The molecule has 1 saturated heterocycles. The molecule has 3 rings (SSSR count). The molecule has 37 heavy (non-hydrogen) atoms. The molecular weight excluding hydrogens is 550 g/mol. The van der Waals surface area contributed by atoms with Gasteiger partial charge in [0.2, 0.25) is 17.7 Å². The van der Waals surface area contributed by atoms with E-state index in [1.807, 2.05) is 0 Å². The predicted molar refractivity (Wildman–Crippen MR) is 136 cm³/mol. The fraction of sp³-hybridized carbons (Fsp3) is 0.560. The highest BCUT2D eigenvalue weighted by atomic mass is 79.9. The monoisotopic (exact) mass is 581 g/mol. The number of fused-ring (bicyclic) bond motifs is 1. The van der Waals surface area contributed by atoms with Gasteiger partial charge in [0, 0.05) is 24.8 Å². The normalized spacial score (nSPS) is 17.2. The molecule has 2 aliphatic rings. The molecule has 5 amide bonds. The van der Waals surface area contributed by atoms with Gasteiger partial charge in [0.15, 0.2) is 0 Å². The Morgan fingerprint density at radius 2 is 1.65 bits per heavy atom. The molecule has 0 aliphatic carbocycles. The van der Waals surface area contributed by atoms with Crippen LogP contribution >= 0.6 is 15.9 Å².